The molecule has 1 aliphatic carbocycles. The number of benzene rings is 1. The first-order chi connectivity index (χ1) is 11.2. The van der Waals surface area contributed by atoms with Crippen LogP contribution in [0.25, 0.3) is 11.3 Å². The highest BCUT2D eigenvalue weighted by Crippen LogP contribution is 2.38. The van der Waals surface area contributed by atoms with Crippen LogP contribution in [0.4, 0.5) is 5.82 Å². The fraction of sp³-hybridized carbons (Fsp3) is 0.412. The van der Waals surface area contributed by atoms with Crippen LogP contribution >= 0.6 is 0 Å². The quantitative estimate of drug-likeness (QED) is 0.800. The lowest BCUT2D eigenvalue weighted by Crippen LogP contribution is -2.44. The zero-order chi connectivity index (χ0) is 15.8. The van der Waals surface area contributed by atoms with E-state index in [1.807, 2.05) is 6.07 Å². The summed E-state index contributed by atoms with van der Waals surface area (Å²) in [6, 6.07) is 8.82. The number of phenolic OH excluding ortho intramolecular Hbond substituents is 1. The number of nitrogens with one attached hydrogen (secondary N) is 1. The van der Waals surface area contributed by atoms with E-state index in [0.29, 0.717) is 34.7 Å². The minimum atomic E-state index is 0.166. The maximum absolute atomic E-state index is 9.99. The minimum Gasteiger partial charge on any atom is -0.507 e. The number of nitrogen functional groups attached to an aromatic ring is 1. The van der Waals surface area contributed by atoms with Crippen molar-refractivity contribution in [1.82, 2.24) is 15.5 Å². The molecule has 2 aromatic rings. The van der Waals surface area contributed by atoms with Gasteiger partial charge in [-0.1, -0.05) is 12.1 Å². The fourth-order valence-electron chi connectivity index (χ4n) is 3.67. The number of phenols is 1. The van der Waals surface area contributed by atoms with Gasteiger partial charge in [0.25, 0.3) is 0 Å². The van der Waals surface area contributed by atoms with Crippen molar-refractivity contribution < 1.29 is 9.84 Å². The van der Waals surface area contributed by atoms with Crippen molar-refractivity contribution in [3.8, 4) is 22.8 Å². The van der Waals surface area contributed by atoms with E-state index >= 15 is 0 Å². The largest absolute Gasteiger partial charge is 0.507 e. The number of hydrogen-bond acceptors (Lipinski definition) is 6. The molecule has 1 aromatic carbocycles. The van der Waals surface area contributed by atoms with Gasteiger partial charge in [0, 0.05) is 36.6 Å². The van der Waals surface area contributed by atoms with Crippen molar-refractivity contribution in [2.45, 2.75) is 18.9 Å². The summed E-state index contributed by atoms with van der Waals surface area (Å²) in [6.07, 6.45) is 2.56. The third kappa shape index (κ3) is 2.59. The topological polar surface area (TPSA) is 93.3 Å². The summed E-state index contributed by atoms with van der Waals surface area (Å²) in [7, 11) is 0. The third-order valence-electron chi connectivity index (χ3n) is 4.88. The van der Waals surface area contributed by atoms with Crippen LogP contribution in [0.2, 0.25) is 0 Å². The Morgan fingerprint density at radius 2 is 1.87 bits per heavy atom. The molecule has 120 valence electrons. The molecule has 23 heavy (non-hydrogen) atoms. The first-order valence-corrected chi connectivity index (χ1v) is 8.01. The summed E-state index contributed by atoms with van der Waals surface area (Å²) in [5, 5.41) is 21.5. The molecule has 2 aliphatic rings. The van der Waals surface area contributed by atoms with Crippen molar-refractivity contribution in [2.75, 3.05) is 18.8 Å². The van der Waals surface area contributed by atoms with Crippen LogP contribution in [0.1, 0.15) is 12.8 Å². The average Bonchev–Trinajstić information content (AvgIpc) is 2.78. The summed E-state index contributed by atoms with van der Waals surface area (Å²) < 4.78 is 6.23. The van der Waals surface area contributed by atoms with Crippen LogP contribution in [0, 0.1) is 11.8 Å². The Kier molecular flexibility index (Phi) is 3.53. The molecule has 0 radical (unpaired) electrons. The minimum absolute atomic E-state index is 0.166. The molecular formula is C17H20N4O2. The van der Waals surface area contributed by atoms with E-state index < -0.39 is 0 Å². The van der Waals surface area contributed by atoms with Gasteiger partial charge in [0.2, 0.25) is 0 Å². The second-order valence-electron chi connectivity index (χ2n) is 6.33. The first-order valence-electron chi connectivity index (χ1n) is 8.01. The Bertz CT molecular complexity index is 705. The Labute approximate surface area is 134 Å². The fourth-order valence-corrected chi connectivity index (χ4v) is 3.67. The van der Waals surface area contributed by atoms with Gasteiger partial charge in [0.15, 0.2) is 11.6 Å². The van der Waals surface area contributed by atoms with E-state index in [9.17, 15) is 5.11 Å². The molecule has 1 saturated heterocycles. The van der Waals surface area contributed by atoms with E-state index in [2.05, 4.69) is 15.5 Å². The molecule has 4 rings (SSSR count). The zero-order valence-electron chi connectivity index (χ0n) is 12.8. The molecule has 1 saturated carbocycles. The Balaban J connectivity index is 1.64. The summed E-state index contributed by atoms with van der Waals surface area (Å²) in [4.78, 5) is 0. The van der Waals surface area contributed by atoms with Crippen molar-refractivity contribution in [3.63, 3.8) is 0 Å². The number of aromatic hydroxyl groups is 1. The van der Waals surface area contributed by atoms with E-state index in [4.69, 9.17) is 10.5 Å². The van der Waals surface area contributed by atoms with Gasteiger partial charge in [-0.25, -0.2) is 0 Å². The maximum atomic E-state index is 9.99. The molecule has 2 unspecified atom stereocenters. The number of rotatable bonds is 3. The number of nitrogens with two attached hydrogens (primary N) is 1. The lowest BCUT2D eigenvalue weighted by molar-refractivity contribution is 0.0937. The second-order valence-corrected chi connectivity index (χ2v) is 6.33. The summed E-state index contributed by atoms with van der Waals surface area (Å²) >= 11 is 0. The smallest absolute Gasteiger partial charge is 0.188 e. The van der Waals surface area contributed by atoms with Crippen molar-refractivity contribution in [2.24, 2.45) is 11.8 Å². The van der Waals surface area contributed by atoms with Gasteiger partial charge in [-0.15, -0.1) is 10.2 Å². The van der Waals surface area contributed by atoms with Crippen LogP contribution in [0.5, 0.6) is 11.5 Å². The summed E-state index contributed by atoms with van der Waals surface area (Å²) in [5.41, 5.74) is 7.14. The van der Waals surface area contributed by atoms with Crippen molar-refractivity contribution in [3.05, 3.63) is 30.3 Å². The molecule has 1 aliphatic heterocycles. The van der Waals surface area contributed by atoms with E-state index in [1.54, 1.807) is 24.3 Å². The van der Waals surface area contributed by atoms with Crippen molar-refractivity contribution >= 4 is 5.82 Å². The zero-order valence-corrected chi connectivity index (χ0v) is 12.8. The number of anilines is 1. The molecular weight excluding hydrogens is 292 g/mol. The van der Waals surface area contributed by atoms with Gasteiger partial charge < -0.3 is 20.9 Å². The highest BCUT2D eigenvalue weighted by atomic mass is 16.5. The van der Waals surface area contributed by atoms with Gasteiger partial charge in [-0.05, 0) is 25.0 Å². The Morgan fingerprint density at radius 1 is 1.13 bits per heavy atom. The van der Waals surface area contributed by atoms with Gasteiger partial charge in [-0.3, -0.25) is 0 Å². The normalized spacial score (nSPS) is 26.2. The number of hydrogen-bond donors (Lipinski definition) is 3. The second kappa shape index (κ2) is 5.70. The molecule has 1 aromatic heterocycles. The predicted octanol–water partition coefficient (Wildman–Crippen LogP) is 1.81. The lowest BCUT2D eigenvalue weighted by Gasteiger charge is -2.31. The molecule has 6 heteroatoms. The standard InChI is InChI=1S/C17H20N4O2/c18-17-15(23-16-10-5-6-11(16)9-19-8-10)7-13(20-21-17)12-3-1-2-4-14(12)22/h1-4,7,10-11,16,19,22H,5-6,8-9H2,(H2,18,21). The lowest BCUT2D eigenvalue weighted by atomic mass is 9.96. The predicted molar refractivity (Wildman–Crippen MR) is 87.0 cm³/mol. The third-order valence-corrected chi connectivity index (χ3v) is 4.88. The molecule has 0 amide bonds. The number of ether oxygens (including phenoxy) is 1. The number of nitrogens with zero attached hydrogens (tertiary/aromatic N) is 2. The SMILES string of the molecule is Nc1nnc(-c2ccccc2O)cc1OC1C2CCC1CNC2. The van der Waals surface area contributed by atoms with Crippen molar-refractivity contribution in [1.29, 1.82) is 0 Å². The Morgan fingerprint density at radius 3 is 2.61 bits per heavy atom. The van der Waals surface area contributed by atoms with Crippen LogP contribution in [-0.2, 0) is 0 Å². The highest BCUT2D eigenvalue weighted by Gasteiger charge is 2.40. The molecule has 2 bridgehead atoms. The van der Waals surface area contributed by atoms with E-state index in [-0.39, 0.29) is 11.9 Å². The van der Waals surface area contributed by atoms with E-state index in [1.165, 1.54) is 12.8 Å². The highest BCUT2D eigenvalue weighted by molar-refractivity contribution is 5.68. The Hall–Kier alpha value is -2.34. The summed E-state index contributed by atoms with van der Waals surface area (Å²) in [5.74, 6) is 2.06. The number of para-hydroxylation sites is 1. The van der Waals surface area contributed by atoms with Gasteiger partial charge in [0.1, 0.15) is 17.5 Å². The van der Waals surface area contributed by atoms with Gasteiger partial charge in [-0.2, -0.15) is 0 Å². The molecule has 0 spiro atoms. The molecule has 2 heterocycles. The number of piperidine rings is 1. The number of fused-ring (bicyclic) bond motifs is 2. The number of aromatic nitrogens is 2. The molecule has 2 fully saturated rings. The summed E-state index contributed by atoms with van der Waals surface area (Å²) in [6.45, 7) is 1.98. The molecule has 4 N–H and O–H groups in total. The van der Waals surface area contributed by atoms with Crippen LogP contribution < -0.4 is 15.8 Å². The molecule has 2 atom stereocenters. The van der Waals surface area contributed by atoms with Gasteiger partial charge in [0.05, 0.1) is 0 Å². The molecule has 6 nitrogen and oxygen atoms in total. The van der Waals surface area contributed by atoms with E-state index in [0.717, 1.165) is 13.1 Å². The van der Waals surface area contributed by atoms with Crippen LogP contribution in [-0.4, -0.2) is 34.5 Å². The maximum Gasteiger partial charge on any atom is 0.188 e. The van der Waals surface area contributed by atoms with Crippen LogP contribution in [0.3, 0.4) is 0 Å². The van der Waals surface area contributed by atoms with Crippen LogP contribution in [0.15, 0.2) is 30.3 Å². The van der Waals surface area contributed by atoms with Gasteiger partial charge >= 0.3 is 0 Å². The monoisotopic (exact) mass is 312 g/mol. The average molecular weight is 312 g/mol. The first kappa shape index (κ1) is 14.3.